The van der Waals surface area contributed by atoms with Gasteiger partial charge in [0.2, 0.25) is 0 Å². The molecule has 5 heteroatoms. The number of aromatic nitrogens is 3. The molecule has 1 aliphatic rings. The molecule has 0 saturated carbocycles. The molecule has 3 heterocycles. The zero-order valence-electron chi connectivity index (χ0n) is 26.4. The molecule has 0 unspecified atom stereocenters. The van der Waals surface area contributed by atoms with Gasteiger partial charge in [0.15, 0.2) is 17.5 Å². The van der Waals surface area contributed by atoms with Crippen LogP contribution in [-0.4, -0.2) is 15.0 Å². The van der Waals surface area contributed by atoms with E-state index >= 15 is 0 Å². The fraction of sp³-hybridized carbons (Fsp3) is 0.195. The SMILES string of the molecule is CC1(C)CCC(C)(C)c2cc(-c3nc(-c4cccc5c4sc4ccccc45)nc(-c4cccc5c4sc4ccccc45)n3)ccc21. The summed E-state index contributed by atoms with van der Waals surface area (Å²) >= 11 is 3.62. The molecular formula is C41H33N3S2. The van der Waals surface area contributed by atoms with Crippen molar-refractivity contribution in [2.24, 2.45) is 0 Å². The lowest BCUT2D eigenvalue weighted by molar-refractivity contribution is 0.332. The van der Waals surface area contributed by atoms with Crippen LogP contribution in [-0.2, 0) is 10.8 Å². The molecular weight excluding hydrogens is 599 g/mol. The maximum absolute atomic E-state index is 5.27. The van der Waals surface area contributed by atoms with Gasteiger partial charge in [-0.25, -0.2) is 15.0 Å². The second-order valence-corrected chi connectivity index (χ2v) is 16.0. The van der Waals surface area contributed by atoms with E-state index in [1.807, 2.05) is 22.7 Å². The first-order chi connectivity index (χ1) is 22.3. The Morgan fingerprint density at radius 2 is 0.957 bits per heavy atom. The normalized spacial score (nSPS) is 15.6. The molecule has 5 aromatic carbocycles. The van der Waals surface area contributed by atoms with Gasteiger partial charge in [0.05, 0.1) is 0 Å². The minimum absolute atomic E-state index is 0.0882. The highest BCUT2D eigenvalue weighted by atomic mass is 32.1. The highest BCUT2D eigenvalue weighted by molar-refractivity contribution is 7.26. The molecule has 0 bridgehead atoms. The van der Waals surface area contributed by atoms with Crippen molar-refractivity contribution >= 4 is 63.0 Å². The standard InChI is InChI=1S/C41H33N3S2/c1-40(2)21-22-41(3,4)32-23-24(19-20-31(32)40)37-42-38(29-15-9-13-27-25-11-5-7-17-33(25)45-35(27)29)44-39(43-37)30-16-10-14-28-26-12-6-8-18-34(26)46-36(28)30/h5-20,23H,21-22H2,1-4H3. The lowest BCUT2D eigenvalue weighted by Crippen LogP contribution is -2.33. The highest BCUT2D eigenvalue weighted by Crippen LogP contribution is 2.47. The average Bonchev–Trinajstić information content (AvgIpc) is 3.65. The van der Waals surface area contributed by atoms with E-state index in [1.165, 1.54) is 57.9 Å². The number of thiophene rings is 2. The predicted octanol–water partition coefficient (Wildman–Crippen LogP) is 12.0. The van der Waals surface area contributed by atoms with E-state index in [1.54, 1.807) is 0 Å². The molecule has 3 aromatic heterocycles. The van der Waals surface area contributed by atoms with Gasteiger partial charge in [-0.3, -0.25) is 0 Å². The minimum Gasteiger partial charge on any atom is -0.208 e. The maximum Gasteiger partial charge on any atom is 0.165 e. The summed E-state index contributed by atoms with van der Waals surface area (Å²) in [5.74, 6) is 2.15. The molecule has 0 fully saturated rings. The fourth-order valence-corrected chi connectivity index (χ4v) is 9.74. The molecule has 0 aliphatic heterocycles. The third-order valence-electron chi connectivity index (χ3n) is 10.0. The van der Waals surface area contributed by atoms with Crippen LogP contribution in [0.2, 0.25) is 0 Å². The van der Waals surface area contributed by atoms with Gasteiger partial charge in [-0.1, -0.05) is 100 Å². The Bertz CT molecular complexity index is 2370. The number of rotatable bonds is 3. The number of hydrogen-bond donors (Lipinski definition) is 0. The molecule has 1 aliphatic carbocycles. The van der Waals surface area contributed by atoms with Crippen molar-refractivity contribution in [3.63, 3.8) is 0 Å². The van der Waals surface area contributed by atoms with Gasteiger partial charge in [-0.05, 0) is 65.1 Å². The average molecular weight is 632 g/mol. The lowest BCUT2D eigenvalue weighted by atomic mass is 9.63. The van der Waals surface area contributed by atoms with Crippen molar-refractivity contribution in [3.05, 3.63) is 114 Å². The Labute approximate surface area is 276 Å². The van der Waals surface area contributed by atoms with Crippen LogP contribution < -0.4 is 0 Å². The van der Waals surface area contributed by atoms with Crippen molar-refractivity contribution in [1.82, 2.24) is 15.0 Å². The Balaban J connectivity index is 1.32. The van der Waals surface area contributed by atoms with Crippen LogP contribution >= 0.6 is 22.7 Å². The van der Waals surface area contributed by atoms with Crippen molar-refractivity contribution < 1.29 is 0 Å². The monoisotopic (exact) mass is 631 g/mol. The minimum atomic E-state index is 0.0882. The molecule has 8 aromatic rings. The van der Waals surface area contributed by atoms with Crippen LogP contribution in [0.4, 0.5) is 0 Å². The zero-order chi connectivity index (χ0) is 31.2. The first-order valence-corrected chi connectivity index (χ1v) is 17.6. The number of nitrogens with zero attached hydrogens (tertiary/aromatic N) is 3. The van der Waals surface area contributed by atoms with Gasteiger partial charge in [-0.15, -0.1) is 22.7 Å². The highest BCUT2D eigenvalue weighted by Gasteiger charge is 2.37. The number of benzene rings is 5. The summed E-state index contributed by atoms with van der Waals surface area (Å²) in [6.45, 7) is 9.49. The zero-order valence-corrected chi connectivity index (χ0v) is 28.0. The van der Waals surface area contributed by atoms with E-state index in [0.717, 1.165) is 28.9 Å². The molecule has 9 rings (SSSR count). The van der Waals surface area contributed by atoms with Crippen LogP contribution in [0, 0.1) is 0 Å². The summed E-state index contributed by atoms with van der Waals surface area (Å²) in [7, 11) is 0. The van der Waals surface area contributed by atoms with Gasteiger partial charge in [0.25, 0.3) is 0 Å². The molecule has 0 amide bonds. The molecule has 0 saturated heterocycles. The Kier molecular flexibility index (Phi) is 6.06. The van der Waals surface area contributed by atoms with Crippen molar-refractivity contribution in [2.75, 3.05) is 0 Å². The molecule has 224 valence electrons. The van der Waals surface area contributed by atoms with Gasteiger partial charge in [0.1, 0.15) is 0 Å². The van der Waals surface area contributed by atoms with E-state index in [2.05, 4.69) is 131 Å². The summed E-state index contributed by atoms with van der Waals surface area (Å²) in [6.07, 6.45) is 2.34. The number of fused-ring (bicyclic) bond motifs is 7. The quantitative estimate of drug-likeness (QED) is 0.195. The third-order valence-corrected chi connectivity index (χ3v) is 12.5. The third kappa shape index (κ3) is 4.25. The molecule has 3 nitrogen and oxygen atoms in total. The lowest BCUT2D eigenvalue weighted by Gasteiger charge is -2.42. The van der Waals surface area contributed by atoms with Crippen molar-refractivity contribution in [1.29, 1.82) is 0 Å². The summed E-state index contributed by atoms with van der Waals surface area (Å²) < 4.78 is 4.96. The topological polar surface area (TPSA) is 38.7 Å². The molecule has 46 heavy (non-hydrogen) atoms. The van der Waals surface area contributed by atoms with Gasteiger partial charge >= 0.3 is 0 Å². The summed E-state index contributed by atoms with van der Waals surface area (Å²) in [5.41, 5.74) is 6.21. The Morgan fingerprint density at radius 3 is 1.52 bits per heavy atom. The Hall–Kier alpha value is -4.45. The first-order valence-electron chi connectivity index (χ1n) is 16.0. The fourth-order valence-electron chi connectivity index (χ4n) is 7.32. The van der Waals surface area contributed by atoms with Gasteiger partial charge in [0, 0.05) is 57.0 Å². The largest absolute Gasteiger partial charge is 0.208 e. The van der Waals surface area contributed by atoms with E-state index < -0.39 is 0 Å². The Morgan fingerprint density at radius 1 is 0.478 bits per heavy atom. The summed E-state index contributed by atoms with van der Waals surface area (Å²) in [4.78, 5) is 15.8. The van der Waals surface area contributed by atoms with Crippen LogP contribution in [0.1, 0.15) is 51.7 Å². The van der Waals surface area contributed by atoms with E-state index in [0.29, 0.717) is 11.6 Å². The number of hydrogen-bond acceptors (Lipinski definition) is 5. The van der Waals surface area contributed by atoms with E-state index in [4.69, 9.17) is 15.0 Å². The second kappa shape index (κ2) is 10.0. The summed E-state index contributed by atoms with van der Waals surface area (Å²) in [6, 6.07) is 37.2. The predicted molar refractivity (Wildman–Crippen MR) is 197 cm³/mol. The first kappa shape index (κ1) is 27.8. The molecule has 0 radical (unpaired) electrons. The summed E-state index contributed by atoms with van der Waals surface area (Å²) in [5, 5.41) is 5.03. The molecule has 0 spiro atoms. The van der Waals surface area contributed by atoms with Crippen LogP contribution in [0.25, 0.3) is 74.5 Å². The van der Waals surface area contributed by atoms with Gasteiger partial charge in [-0.2, -0.15) is 0 Å². The van der Waals surface area contributed by atoms with Crippen LogP contribution in [0.3, 0.4) is 0 Å². The van der Waals surface area contributed by atoms with Crippen LogP contribution in [0.5, 0.6) is 0 Å². The van der Waals surface area contributed by atoms with Crippen molar-refractivity contribution in [2.45, 2.75) is 51.4 Å². The van der Waals surface area contributed by atoms with Crippen LogP contribution in [0.15, 0.2) is 103 Å². The molecule has 0 atom stereocenters. The van der Waals surface area contributed by atoms with E-state index in [-0.39, 0.29) is 10.8 Å². The van der Waals surface area contributed by atoms with E-state index in [9.17, 15) is 0 Å². The van der Waals surface area contributed by atoms with Gasteiger partial charge < -0.3 is 0 Å². The maximum atomic E-state index is 5.27. The molecule has 0 N–H and O–H groups in total. The second-order valence-electron chi connectivity index (χ2n) is 13.9. The van der Waals surface area contributed by atoms with Crippen molar-refractivity contribution in [3.8, 4) is 34.2 Å². The smallest absolute Gasteiger partial charge is 0.165 e.